The smallest absolute Gasteiger partial charge is 0.315 e. The summed E-state index contributed by atoms with van der Waals surface area (Å²) in [4.78, 5) is 15.2. The quantitative estimate of drug-likeness (QED) is 0.110. The average Bonchev–Trinajstić information content (AvgIpc) is 3.60. The van der Waals surface area contributed by atoms with Gasteiger partial charge in [-0.3, -0.25) is 4.79 Å². The number of hydrogen-bond acceptors (Lipinski definition) is 18. The van der Waals surface area contributed by atoms with Crippen molar-refractivity contribution in [2.24, 2.45) is 56.2 Å². The molecule has 0 aromatic heterocycles. The molecule has 18 heteroatoms. The van der Waals surface area contributed by atoms with Crippen molar-refractivity contribution in [3.05, 3.63) is 12.2 Å². The molecule has 0 bridgehead atoms. The summed E-state index contributed by atoms with van der Waals surface area (Å²) in [5.74, 6) is -0.654. The zero-order valence-corrected chi connectivity index (χ0v) is 40.4. The van der Waals surface area contributed by atoms with Crippen molar-refractivity contribution in [3.63, 3.8) is 0 Å². The number of ether oxygens (including phenoxy) is 6. The number of fused-ring (bicyclic) bond motifs is 7. The summed E-state index contributed by atoms with van der Waals surface area (Å²) >= 11 is 0. The Hall–Kier alpha value is -1.43. The van der Waals surface area contributed by atoms with E-state index in [1.165, 1.54) is 6.92 Å². The Morgan fingerprint density at radius 1 is 0.657 bits per heavy atom. The van der Waals surface area contributed by atoms with Gasteiger partial charge in [0.15, 0.2) is 12.6 Å². The number of carbonyl (C=O) groups excluding carboxylic acids is 1. The molecule has 8 fully saturated rings. The van der Waals surface area contributed by atoms with E-state index in [-0.39, 0.29) is 45.3 Å². The van der Waals surface area contributed by atoms with Crippen LogP contribution in [0.1, 0.15) is 113 Å². The monoisotopic (exact) mass is 957 g/mol. The predicted molar refractivity (Wildman–Crippen MR) is 235 cm³/mol. The minimum Gasteiger partial charge on any atom is -0.432 e. The van der Waals surface area contributed by atoms with Crippen molar-refractivity contribution in [1.29, 1.82) is 0 Å². The fourth-order valence-corrected chi connectivity index (χ4v) is 16.5. The zero-order chi connectivity index (χ0) is 49.3. The summed E-state index contributed by atoms with van der Waals surface area (Å²) in [5, 5.41) is 120. The van der Waals surface area contributed by atoms with Crippen molar-refractivity contribution >= 4 is 5.97 Å². The first-order valence-corrected chi connectivity index (χ1v) is 24.7. The largest absolute Gasteiger partial charge is 0.432 e. The van der Waals surface area contributed by atoms with Gasteiger partial charge in [0.25, 0.3) is 0 Å². The molecule has 0 radical (unpaired) electrons. The standard InChI is InChI=1S/C49H80O18/c1-21(2)23-10-15-49(17-16-46(7)28(48(23,49)9)18-24(51)39-45(6)13-12-29(52)44(4,5)27(45)11-14-47(39,46)8)43(61)67-42-36(59)33(56)31(54)26(65-42)20-62-40-37(60)34(57)38(25(19-50)64-40)66-41-35(58)32(55)30(53)22(3)63-41/h22-42,50-60H,1,10-20H2,2-9H3/t22-,23-,24+,25+,26+,27-,28-,29+,30-,31+,32+,33-,34+,35+,36+,37+,38+,39+,40+,41-,42-,45-,46+,47+,48+,49+/m0/s1. The molecular weight excluding hydrogens is 877 g/mol. The number of esters is 1. The van der Waals surface area contributed by atoms with Crippen LogP contribution in [0.3, 0.4) is 0 Å². The van der Waals surface area contributed by atoms with Gasteiger partial charge in [-0.05, 0) is 122 Å². The number of aliphatic hydroxyl groups is 11. The van der Waals surface area contributed by atoms with E-state index >= 15 is 4.79 Å². The van der Waals surface area contributed by atoms with Crippen LogP contribution in [-0.4, -0.2) is 180 Å². The fraction of sp³-hybridized carbons (Fsp3) is 0.939. The van der Waals surface area contributed by atoms with Gasteiger partial charge in [-0.2, -0.15) is 0 Å². The minimum absolute atomic E-state index is 0.0232. The van der Waals surface area contributed by atoms with Gasteiger partial charge in [0.2, 0.25) is 6.29 Å². The van der Waals surface area contributed by atoms with E-state index in [9.17, 15) is 56.2 Å². The van der Waals surface area contributed by atoms with E-state index in [4.69, 9.17) is 28.4 Å². The van der Waals surface area contributed by atoms with Crippen LogP contribution in [-0.2, 0) is 33.2 Å². The first-order valence-electron chi connectivity index (χ1n) is 24.7. The van der Waals surface area contributed by atoms with E-state index in [1.807, 2.05) is 6.92 Å². The first-order chi connectivity index (χ1) is 31.2. The lowest BCUT2D eigenvalue weighted by molar-refractivity contribution is -0.362. The zero-order valence-electron chi connectivity index (χ0n) is 40.4. The molecule has 5 aliphatic carbocycles. The third-order valence-corrected chi connectivity index (χ3v) is 20.4. The van der Waals surface area contributed by atoms with Crippen molar-refractivity contribution in [2.45, 2.75) is 218 Å². The summed E-state index contributed by atoms with van der Waals surface area (Å²) in [6, 6.07) is 0. The van der Waals surface area contributed by atoms with Crippen LogP contribution in [0, 0.1) is 56.2 Å². The van der Waals surface area contributed by atoms with E-state index in [2.05, 4.69) is 48.1 Å². The van der Waals surface area contributed by atoms with Gasteiger partial charge < -0.3 is 84.6 Å². The molecule has 0 spiro atoms. The Bertz CT molecular complexity index is 1830. The highest BCUT2D eigenvalue weighted by atomic mass is 16.8. The lowest BCUT2D eigenvalue weighted by atomic mass is 9.29. The molecule has 3 heterocycles. The van der Waals surface area contributed by atoms with Gasteiger partial charge in [0.05, 0.1) is 36.9 Å². The number of carbonyl (C=O) groups is 1. The minimum atomic E-state index is -1.87. The van der Waals surface area contributed by atoms with Crippen molar-refractivity contribution in [2.75, 3.05) is 13.2 Å². The Labute approximate surface area is 393 Å². The third kappa shape index (κ3) is 7.58. The molecule has 8 rings (SSSR count). The summed E-state index contributed by atoms with van der Waals surface area (Å²) in [7, 11) is 0. The average molecular weight is 957 g/mol. The summed E-state index contributed by atoms with van der Waals surface area (Å²) in [6.07, 6.45) is -19.5. The molecule has 11 N–H and O–H groups in total. The number of rotatable bonds is 9. The highest BCUT2D eigenvalue weighted by molar-refractivity contribution is 5.79. The second kappa shape index (κ2) is 17.9. The van der Waals surface area contributed by atoms with Crippen LogP contribution in [0.5, 0.6) is 0 Å². The molecule has 18 nitrogen and oxygen atoms in total. The normalized spacial score (nSPS) is 56.2. The van der Waals surface area contributed by atoms with E-state index in [0.717, 1.165) is 24.8 Å². The second-order valence-electron chi connectivity index (χ2n) is 23.7. The molecule has 67 heavy (non-hydrogen) atoms. The van der Waals surface area contributed by atoms with Crippen molar-refractivity contribution in [3.8, 4) is 0 Å². The highest BCUT2D eigenvalue weighted by Gasteiger charge is 2.77. The summed E-state index contributed by atoms with van der Waals surface area (Å²) in [5.41, 5.74) is -2.03. The predicted octanol–water partition coefficient (Wildman–Crippen LogP) is 0.385. The molecule has 0 unspecified atom stereocenters. The summed E-state index contributed by atoms with van der Waals surface area (Å²) < 4.78 is 34.8. The molecule has 26 atom stereocenters. The van der Waals surface area contributed by atoms with Crippen LogP contribution in [0.4, 0.5) is 0 Å². The molecule has 0 aromatic rings. The lowest BCUT2D eigenvalue weighted by Gasteiger charge is -2.75. The van der Waals surface area contributed by atoms with E-state index in [1.54, 1.807) is 0 Å². The maximum atomic E-state index is 15.2. The van der Waals surface area contributed by atoms with Crippen LogP contribution in [0.2, 0.25) is 0 Å². The first kappa shape index (κ1) is 51.9. The molecule has 0 amide bonds. The van der Waals surface area contributed by atoms with Crippen LogP contribution < -0.4 is 0 Å². The molecular formula is C49H80O18. The van der Waals surface area contributed by atoms with Gasteiger partial charge >= 0.3 is 5.97 Å². The second-order valence-corrected chi connectivity index (χ2v) is 23.7. The molecule has 8 aliphatic rings. The molecule has 384 valence electrons. The van der Waals surface area contributed by atoms with Crippen molar-refractivity contribution < 1.29 is 89.4 Å². The Morgan fingerprint density at radius 3 is 1.94 bits per heavy atom. The Balaban J connectivity index is 0.993. The van der Waals surface area contributed by atoms with Gasteiger partial charge in [-0.1, -0.05) is 53.7 Å². The maximum Gasteiger partial charge on any atom is 0.315 e. The molecule has 5 saturated carbocycles. The lowest BCUT2D eigenvalue weighted by Crippen LogP contribution is -2.72. The highest BCUT2D eigenvalue weighted by Crippen LogP contribution is 2.80. The van der Waals surface area contributed by atoms with Gasteiger partial charge in [-0.15, -0.1) is 0 Å². The fourth-order valence-electron chi connectivity index (χ4n) is 16.5. The van der Waals surface area contributed by atoms with Gasteiger partial charge in [0, 0.05) is 0 Å². The van der Waals surface area contributed by atoms with Gasteiger partial charge in [0.1, 0.15) is 67.1 Å². The van der Waals surface area contributed by atoms with Crippen LogP contribution >= 0.6 is 0 Å². The number of hydrogen-bond donors (Lipinski definition) is 11. The van der Waals surface area contributed by atoms with Crippen LogP contribution in [0.15, 0.2) is 12.2 Å². The molecule has 3 saturated heterocycles. The SMILES string of the molecule is C=C(C)[C@@H]1CC[C@]2(C(=O)O[C@@H]3O[C@H](CO[C@@H]4O[C@H](CO)[C@@H](O[C@@H]5O[C@@H](C)[C@H](O)[C@@H](O)[C@H]5O)[C@H](O)[C@H]4O)[C@@H](O)[C@H](O)[C@H]3O)CC[C@]3(C)[C@H](C[C@@H](O)[C@@H]4[C@@]5(C)CC[C@@H](O)C(C)(C)[C@@H]5CC[C@]43C)[C@@]12C. The maximum absolute atomic E-state index is 15.2. The molecule has 0 aromatic carbocycles. The summed E-state index contributed by atoms with van der Waals surface area (Å²) in [6.45, 7) is 20.0. The van der Waals surface area contributed by atoms with Crippen LogP contribution in [0.25, 0.3) is 0 Å². The van der Waals surface area contributed by atoms with E-state index < -0.39 is 134 Å². The number of aliphatic hydroxyl groups excluding tert-OH is 11. The van der Waals surface area contributed by atoms with E-state index in [0.29, 0.717) is 38.5 Å². The topological polar surface area (TPSA) is 295 Å². The van der Waals surface area contributed by atoms with Crippen molar-refractivity contribution in [1.82, 2.24) is 0 Å². The van der Waals surface area contributed by atoms with Gasteiger partial charge in [-0.25, -0.2) is 0 Å². The Morgan fingerprint density at radius 2 is 1.28 bits per heavy atom. The number of allylic oxidation sites excluding steroid dienone is 1. The molecule has 3 aliphatic heterocycles. The Kier molecular flexibility index (Phi) is 13.9. The third-order valence-electron chi connectivity index (χ3n) is 20.4.